The van der Waals surface area contributed by atoms with Crippen molar-refractivity contribution in [2.24, 2.45) is 0 Å². The molecule has 40 heavy (non-hydrogen) atoms. The minimum absolute atomic E-state index is 0.478. The van der Waals surface area contributed by atoms with Gasteiger partial charge in [0.2, 0.25) is 0 Å². The molecule has 0 spiro atoms. The maximum absolute atomic E-state index is 13.0. The number of halogens is 1. The van der Waals surface area contributed by atoms with Crippen molar-refractivity contribution in [2.75, 3.05) is 18.0 Å². The van der Waals surface area contributed by atoms with Crippen molar-refractivity contribution in [1.82, 2.24) is 29.8 Å². The van der Waals surface area contributed by atoms with Gasteiger partial charge in [-0.05, 0) is 78.6 Å². The Morgan fingerprint density at radius 3 is 2.40 bits per heavy atom. The lowest BCUT2D eigenvalue weighted by Gasteiger charge is -2.41. The van der Waals surface area contributed by atoms with Gasteiger partial charge < -0.3 is 24.7 Å². The van der Waals surface area contributed by atoms with Crippen LogP contribution in [0.3, 0.4) is 0 Å². The number of carbonyl (C=O) groups excluding carboxylic acids is 2. The number of nitrogens with one attached hydrogen (secondary N) is 2. The molecule has 1 aliphatic rings. The summed E-state index contributed by atoms with van der Waals surface area (Å²) in [6.45, 7) is 12.1. The van der Waals surface area contributed by atoms with E-state index in [1.165, 1.54) is 10.9 Å². The van der Waals surface area contributed by atoms with Crippen molar-refractivity contribution in [3.8, 4) is 0 Å². The van der Waals surface area contributed by atoms with Gasteiger partial charge in [0.1, 0.15) is 34.7 Å². The molecular formula is C28H34BrN7O4. The number of fused-ring (bicyclic) bond motifs is 2. The number of imidazole rings is 1. The number of H-pyrrole nitrogens is 1. The summed E-state index contributed by atoms with van der Waals surface area (Å²) in [5.41, 5.74) is 0.112. The molecule has 0 bridgehead atoms. The molecule has 1 aromatic carbocycles. The Morgan fingerprint density at radius 2 is 1.73 bits per heavy atom. The maximum Gasteiger partial charge on any atom is 0.420 e. The number of benzene rings is 1. The van der Waals surface area contributed by atoms with Crippen molar-refractivity contribution in [1.29, 1.82) is 0 Å². The van der Waals surface area contributed by atoms with Crippen LogP contribution in [0, 0.1) is 0 Å². The third-order valence-electron chi connectivity index (χ3n) is 6.61. The zero-order chi connectivity index (χ0) is 28.9. The maximum atomic E-state index is 13.0. The normalized spacial score (nSPS) is 15.8. The van der Waals surface area contributed by atoms with Crippen LogP contribution in [0.25, 0.3) is 22.1 Å². The molecule has 0 unspecified atom stereocenters. The van der Waals surface area contributed by atoms with Gasteiger partial charge in [0, 0.05) is 23.8 Å². The largest absolute Gasteiger partial charge is 0.444 e. The number of ether oxygens (including phenoxy) is 2. The smallest absolute Gasteiger partial charge is 0.420 e. The van der Waals surface area contributed by atoms with Gasteiger partial charge in [-0.25, -0.2) is 29.1 Å². The van der Waals surface area contributed by atoms with Crippen molar-refractivity contribution in [3.05, 3.63) is 47.1 Å². The summed E-state index contributed by atoms with van der Waals surface area (Å²) >= 11 is 3.51. The van der Waals surface area contributed by atoms with Crippen LogP contribution in [0.4, 0.5) is 15.4 Å². The highest BCUT2D eigenvalue weighted by Crippen LogP contribution is 2.36. The zero-order valence-corrected chi connectivity index (χ0v) is 25.1. The molecule has 0 atom stereocenters. The van der Waals surface area contributed by atoms with Crippen LogP contribution < -0.4 is 10.2 Å². The van der Waals surface area contributed by atoms with E-state index in [9.17, 15) is 9.59 Å². The topological polar surface area (TPSA) is 127 Å². The average molecular weight is 613 g/mol. The highest BCUT2D eigenvalue weighted by Gasteiger charge is 2.42. The predicted molar refractivity (Wildman–Crippen MR) is 155 cm³/mol. The molecule has 212 valence electrons. The molecule has 1 amide bonds. The summed E-state index contributed by atoms with van der Waals surface area (Å²) < 4.78 is 13.5. The van der Waals surface area contributed by atoms with Crippen LogP contribution in [0.1, 0.15) is 60.2 Å². The molecule has 4 heterocycles. The third-order valence-corrected chi connectivity index (χ3v) is 7.10. The number of anilines is 1. The highest BCUT2D eigenvalue weighted by molar-refractivity contribution is 9.10. The van der Waals surface area contributed by atoms with E-state index in [4.69, 9.17) is 14.5 Å². The van der Waals surface area contributed by atoms with Crippen LogP contribution in [-0.4, -0.2) is 61.0 Å². The summed E-state index contributed by atoms with van der Waals surface area (Å²) in [6.07, 6.45) is 3.21. The lowest BCUT2D eigenvalue weighted by Crippen LogP contribution is -2.54. The van der Waals surface area contributed by atoms with Crippen molar-refractivity contribution in [3.63, 3.8) is 0 Å². The highest BCUT2D eigenvalue weighted by atomic mass is 79.9. The minimum atomic E-state index is -0.779. The number of aromatic nitrogens is 5. The van der Waals surface area contributed by atoms with Crippen LogP contribution in [0.2, 0.25) is 0 Å². The van der Waals surface area contributed by atoms with Gasteiger partial charge in [-0.1, -0.05) is 15.9 Å². The quantitative estimate of drug-likeness (QED) is 0.294. The van der Waals surface area contributed by atoms with Crippen LogP contribution in [0.5, 0.6) is 0 Å². The fraction of sp³-hybridized carbons (Fsp3) is 0.464. The second kappa shape index (κ2) is 10.1. The second-order valence-electron chi connectivity index (χ2n) is 12.0. The number of rotatable bonds is 3. The Morgan fingerprint density at radius 1 is 1.02 bits per heavy atom. The van der Waals surface area contributed by atoms with Crippen LogP contribution >= 0.6 is 15.9 Å². The Kier molecular flexibility index (Phi) is 7.01. The van der Waals surface area contributed by atoms with Gasteiger partial charge in [-0.15, -0.1) is 0 Å². The van der Waals surface area contributed by atoms with Crippen molar-refractivity contribution >= 4 is 56.0 Å². The SMILES string of the molecule is CC(C)(C)OC(=O)NC1(c2nc3cc(Br)ccc3[nH]2)CCN(c2ncnc3c2ccn3C(=O)OC(C)(C)C)CC1. The Balaban J connectivity index is 1.44. The summed E-state index contributed by atoms with van der Waals surface area (Å²) in [6, 6.07) is 7.68. The Labute approximate surface area is 240 Å². The van der Waals surface area contributed by atoms with Crippen LogP contribution in [-0.2, 0) is 15.0 Å². The molecule has 11 nitrogen and oxygen atoms in total. The van der Waals surface area contributed by atoms with Gasteiger partial charge in [0.25, 0.3) is 0 Å². The molecule has 3 aromatic heterocycles. The van der Waals surface area contributed by atoms with Gasteiger partial charge in [0.05, 0.1) is 16.4 Å². The molecule has 0 radical (unpaired) electrons. The molecule has 1 saturated heterocycles. The Hall–Kier alpha value is -3.67. The summed E-state index contributed by atoms with van der Waals surface area (Å²) in [7, 11) is 0. The Bertz CT molecular complexity index is 1570. The predicted octanol–water partition coefficient (Wildman–Crippen LogP) is 5.87. The lowest BCUT2D eigenvalue weighted by molar-refractivity contribution is 0.0423. The minimum Gasteiger partial charge on any atom is -0.444 e. The monoisotopic (exact) mass is 611 g/mol. The molecule has 0 aliphatic carbocycles. The van der Waals surface area contributed by atoms with Crippen molar-refractivity contribution in [2.45, 2.75) is 71.1 Å². The number of aromatic amines is 1. The fourth-order valence-corrected chi connectivity index (χ4v) is 5.22. The van der Waals surface area contributed by atoms with Gasteiger partial charge in [0.15, 0.2) is 5.65 Å². The molecular weight excluding hydrogens is 578 g/mol. The average Bonchev–Trinajstić information content (AvgIpc) is 3.46. The molecule has 2 N–H and O–H groups in total. The standard InChI is InChI=1S/C28H34BrN7O4/c1-26(2,3)39-24(37)34-28(23-32-19-8-7-17(29)15-20(19)33-23)10-13-35(14-11-28)21-18-9-12-36(22(18)31-16-30-21)25(38)40-27(4,5)6/h7-9,12,15-16H,10-11,13-14H2,1-6H3,(H,32,33)(H,34,37). The summed E-state index contributed by atoms with van der Waals surface area (Å²) in [5.74, 6) is 1.39. The number of alkyl carbamates (subject to hydrolysis) is 1. The third kappa shape index (κ3) is 5.77. The van der Waals surface area contributed by atoms with E-state index in [0.29, 0.717) is 43.2 Å². The number of piperidine rings is 1. The molecule has 5 rings (SSSR count). The van der Waals surface area contributed by atoms with E-state index in [1.807, 2.05) is 65.8 Å². The number of hydrogen-bond donors (Lipinski definition) is 2. The second-order valence-corrected chi connectivity index (χ2v) is 13.0. The number of hydrogen-bond acceptors (Lipinski definition) is 8. The van der Waals surface area contributed by atoms with E-state index >= 15 is 0 Å². The number of nitrogens with zero attached hydrogens (tertiary/aromatic N) is 5. The van der Waals surface area contributed by atoms with Gasteiger partial charge >= 0.3 is 12.2 Å². The summed E-state index contributed by atoms with van der Waals surface area (Å²) in [5, 5.41) is 3.88. The van der Waals surface area contributed by atoms with Gasteiger partial charge in [-0.2, -0.15) is 0 Å². The first-order chi connectivity index (χ1) is 18.7. The number of carbonyl (C=O) groups is 2. The first kappa shape index (κ1) is 27.9. The first-order valence-electron chi connectivity index (χ1n) is 13.2. The van der Waals surface area contributed by atoms with Crippen LogP contribution in [0.15, 0.2) is 41.3 Å². The van der Waals surface area contributed by atoms with E-state index in [2.05, 4.69) is 41.1 Å². The molecule has 12 heteroatoms. The zero-order valence-electron chi connectivity index (χ0n) is 23.5. The molecule has 0 saturated carbocycles. The molecule has 4 aromatic rings. The van der Waals surface area contributed by atoms with E-state index in [0.717, 1.165) is 20.9 Å². The molecule has 1 fully saturated rings. The molecule has 1 aliphatic heterocycles. The summed E-state index contributed by atoms with van der Waals surface area (Å²) in [4.78, 5) is 45.1. The van der Waals surface area contributed by atoms with E-state index < -0.39 is 28.9 Å². The van der Waals surface area contributed by atoms with E-state index in [-0.39, 0.29) is 0 Å². The van der Waals surface area contributed by atoms with E-state index in [1.54, 1.807) is 6.20 Å². The van der Waals surface area contributed by atoms with Crippen molar-refractivity contribution < 1.29 is 19.1 Å². The number of amides is 1. The fourth-order valence-electron chi connectivity index (χ4n) is 4.87. The first-order valence-corrected chi connectivity index (χ1v) is 14.0. The van der Waals surface area contributed by atoms with Gasteiger partial charge in [-0.3, -0.25) is 0 Å². The lowest BCUT2D eigenvalue weighted by atomic mass is 9.86.